The smallest absolute Gasteiger partial charge is 0.264 e. The summed E-state index contributed by atoms with van der Waals surface area (Å²) in [5.41, 5.74) is 1.23. The quantitative estimate of drug-likeness (QED) is 0.270. The number of nitrogens with zero attached hydrogens (tertiary/aromatic N) is 2. The Bertz CT molecular complexity index is 1510. The minimum absolute atomic E-state index is 0.00912. The maximum atomic E-state index is 14.1. The lowest BCUT2D eigenvalue weighted by atomic mass is 10.1. The summed E-state index contributed by atoms with van der Waals surface area (Å²) in [4.78, 5) is 28.6. The van der Waals surface area contributed by atoms with Gasteiger partial charge in [-0.1, -0.05) is 47.0 Å². The van der Waals surface area contributed by atoms with E-state index in [0.717, 1.165) is 9.87 Å². The molecule has 0 spiro atoms. The second-order valence-corrected chi connectivity index (χ2v) is 13.6. The number of halogens is 2. The van der Waals surface area contributed by atoms with Crippen molar-refractivity contribution in [1.29, 1.82) is 0 Å². The molecule has 0 aliphatic rings. The van der Waals surface area contributed by atoms with Crippen LogP contribution in [0.5, 0.6) is 5.75 Å². The van der Waals surface area contributed by atoms with Gasteiger partial charge in [0.25, 0.3) is 10.0 Å². The van der Waals surface area contributed by atoms with Gasteiger partial charge in [0.15, 0.2) is 0 Å². The van der Waals surface area contributed by atoms with Gasteiger partial charge in [-0.05, 0) is 95.6 Å². The number of hydrogen-bond donors (Lipinski definition) is 1. The third-order valence-corrected chi connectivity index (χ3v) is 8.72. The number of carbonyl (C=O) groups excluding carboxylic acids is 2. The fourth-order valence-electron chi connectivity index (χ4n) is 4.13. The van der Waals surface area contributed by atoms with Gasteiger partial charge in [-0.25, -0.2) is 8.42 Å². The van der Waals surface area contributed by atoms with E-state index in [0.29, 0.717) is 33.7 Å². The molecule has 2 amide bonds. The van der Waals surface area contributed by atoms with E-state index in [4.69, 9.17) is 27.9 Å². The van der Waals surface area contributed by atoms with E-state index >= 15 is 0 Å². The maximum absolute atomic E-state index is 14.1. The third-order valence-electron chi connectivity index (χ3n) is 6.34. The lowest BCUT2D eigenvalue weighted by Gasteiger charge is -2.33. The Hall–Kier alpha value is -3.27. The first-order chi connectivity index (χ1) is 19.6. The van der Waals surface area contributed by atoms with Crippen LogP contribution >= 0.6 is 23.2 Å². The maximum Gasteiger partial charge on any atom is 0.264 e. The number of ether oxygens (including phenoxy) is 1. The molecular formula is C31H37Cl2N3O5S. The predicted octanol–water partition coefficient (Wildman–Crippen LogP) is 6.23. The molecule has 0 radical (unpaired) electrons. The fraction of sp³-hybridized carbons (Fsp3) is 0.355. The lowest BCUT2D eigenvalue weighted by molar-refractivity contribution is -0.140. The van der Waals surface area contributed by atoms with Crippen LogP contribution in [0.2, 0.25) is 10.0 Å². The molecule has 3 aromatic carbocycles. The molecule has 226 valence electrons. The van der Waals surface area contributed by atoms with Crippen molar-refractivity contribution in [3.05, 3.63) is 87.9 Å². The standard InChI is InChI=1S/C31H37Cl2N3O5S/c1-7-41-26-14-16-27(17-15-26)42(39,40)36(25-12-8-21(2)9-13-25)20-29(37)35(22(3)30(38)34-31(4,5)6)19-23-10-11-24(32)18-28(23)33/h8-18,22H,7,19-20H2,1-6H3,(H,34,38). The molecule has 11 heteroatoms. The van der Waals surface area contributed by atoms with Crippen LogP contribution in [-0.4, -0.2) is 49.9 Å². The van der Waals surface area contributed by atoms with Crippen molar-refractivity contribution < 1.29 is 22.7 Å². The van der Waals surface area contributed by atoms with Crippen molar-refractivity contribution in [2.75, 3.05) is 17.5 Å². The molecule has 0 heterocycles. The van der Waals surface area contributed by atoms with Gasteiger partial charge in [0.1, 0.15) is 18.3 Å². The number of rotatable bonds is 11. The number of amides is 2. The van der Waals surface area contributed by atoms with Crippen LogP contribution in [0.25, 0.3) is 0 Å². The summed E-state index contributed by atoms with van der Waals surface area (Å²) in [6.45, 7) is 10.7. The van der Waals surface area contributed by atoms with Gasteiger partial charge in [-0.3, -0.25) is 13.9 Å². The van der Waals surface area contributed by atoms with Crippen molar-refractivity contribution >= 4 is 50.7 Å². The molecule has 42 heavy (non-hydrogen) atoms. The highest BCUT2D eigenvalue weighted by molar-refractivity contribution is 7.92. The van der Waals surface area contributed by atoms with Crippen molar-refractivity contribution in [2.45, 2.75) is 64.6 Å². The van der Waals surface area contributed by atoms with E-state index in [9.17, 15) is 18.0 Å². The Morgan fingerprint density at radius 1 is 0.976 bits per heavy atom. The fourth-order valence-corrected chi connectivity index (χ4v) is 6.01. The minimum atomic E-state index is -4.20. The van der Waals surface area contributed by atoms with Crippen LogP contribution in [0.1, 0.15) is 45.7 Å². The van der Waals surface area contributed by atoms with Crippen LogP contribution in [0.3, 0.4) is 0 Å². The van der Waals surface area contributed by atoms with E-state index in [1.807, 2.05) is 34.6 Å². The van der Waals surface area contributed by atoms with Gasteiger partial charge >= 0.3 is 0 Å². The Morgan fingerprint density at radius 3 is 2.14 bits per heavy atom. The van der Waals surface area contributed by atoms with Crippen LogP contribution in [0.15, 0.2) is 71.6 Å². The van der Waals surface area contributed by atoms with Gasteiger partial charge < -0.3 is 15.0 Å². The van der Waals surface area contributed by atoms with Crippen molar-refractivity contribution in [1.82, 2.24) is 10.2 Å². The molecule has 0 saturated heterocycles. The van der Waals surface area contributed by atoms with Gasteiger partial charge in [0.2, 0.25) is 11.8 Å². The van der Waals surface area contributed by atoms with Crippen LogP contribution in [0.4, 0.5) is 5.69 Å². The van der Waals surface area contributed by atoms with Gasteiger partial charge in [-0.2, -0.15) is 0 Å². The molecule has 1 atom stereocenters. The summed E-state index contributed by atoms with van der Waals surface area (Å²) in [5, 5.41) is 3.64. The van der Waals surface area contributed by atoms with Gasteiger partial charge in [0.05, 0.1) is 17.2 Å². The van der Waals surface area contributed by atoms with Crippen molar-refractivity contribution in [2.24, 2.45) is 0 Å². The molecule has 0 saturated carbocycles. The summed E-state index contributed by atoms with van der Waals surface area (Å²) in [6, 6.07) is 16.8. The number of aryl methyl sites for hydroxylation is 1. The SMILES string of the molecule is CCOc1ccc(S(=O)(=O)N(CC(=O)N(Cc2ccc(Cl)cc2Cl)C(C)C(=O)NC(C)(C)C)c2ccc(C)cc2)cc1. The third kappa shape index (κ3) is 8.63. The zero-order valence-electron chi connectivity index (χ0n) is 24.6. The predicted molar refractivity (Wildman–Crippen MR) is 168 cm³/mol. The largest absolute Gasteiger partial charge is 0.494 e. The Balaban J connectivity index is 2.05. The molecule has 3 rings (SSSR count). The van der Waals surface area contributed by atoms with Crippen LogP contribution in [-0.2, 0) is 26.2 Å². The molecule has 0 aliphatic carbocycles. The molecule has 0 aliphatic heterocycles. The summed E-state index contributed by atoms with van der Waals surface area (Å²) >= 11 is 12.5. The number of nitrogens with one attached hydrogen (secondary N) is 1. The number of benzene rings is 3. The van der Waals surface area contributed by atoms with Crippen LogP contribution < -0.4 is 14.4 Å². The average Bonchev–Trinajstić information content (AvgIpc) is 2.91. The molecule has 1 N–H and O–H groups in total. The summed E-state index contributed by atoms with van der Waals surface area (Å²) in [5.74, 6) is -0.455. The first kappa shape index (κ1) is 33.2. The summed E-state index contributed by atoms with van der Waals surface area (Å²) in [7, 11) is -4.20. The monoisotopic (exact) mass is 633 g/mol. The minimum Gasteiger partial charge on any atom is -0.494 e. The number of anilines is 1. The Morgan fingerprint density at radius 2 is 1.60 bits per heavy atom. The second-order valence-electron chi connectivity index (χ2n) is 10.9. The van der Waals surface area contributed by atoms with E-state index in [-0.39, 0.29) is 11.4 Å². The first-order valence-corrected chi connectivity index (χ1v) is 15.7. The topological polar surface area (TPSA) is 96.0 Å². The van der Waals surface area contributed by atoms with Crippen molar-refractivity contribution in [3.63, 3.8) is 0 Å². The first-order valence-electron chi connectivity index (χ1n) is 13.5. The van der Waals surface area contributed by atoms with Crippen LogP contribution in [0, 0.1) is 6.92 Å². The van der Waals surface area contributed by atoms with E-state index < -0.39 is 40.0 Å². The van der Waals surface area contributed by atoms with Gasteiger partial charge in [0, 0.05) is 22.1 Å². The zero-order valence-corrected chi connectivity index (χ0v) is 27.0. The summed E-state index contributed by atoms with van der Waals surface area (Å²) < 4.78 is 34.5. The van der Waals surface area contributed by atoms with E-state index in [1.54, 1.807) is 61.5 Å². The highest BCUT2D eigenvalue weighted by Gasteiger charge is 2.33. The zero-order chi connectivity index (χ0) is 31.2. The van der Waals surface area contributed by atoms with Gasteiger partial charge in [-0.15, -0.1) is 0 Å². The normalized spacial score (nSPS) is 12.4. The number of sulfonamides is 1. The number of hydrogen-bond acceptors (Lipinski definition) is 5. The summed E-state index contributed by atoms with van der Waals surface area (Å²) in [6.07, 6.45) is 0. The molecule has 8 nitrogen and oxygen atoms in total. The van der Waals surface area contributed by atoms with E-state index in [2.05, 4.69) is 5.32 Å². The molecular weight excluding hydrogens is 597 g/mol. The second kappa shape index (κ2) is 13.8. The number of carbonyl (C=O) groups is 2. The Labute approximate surface area is 258 Å². The molecule has 0 aromatic heterocycles. The Kier molecular flexibility index (Phi) is 10.9. The lowest BCUT2D eigenvalue weighted by Crippen LogP contribution is -2.54. The molecule has 0 bridgehead atoms. The average molecular weight is 635 g/mol. The highest BCUT2D eigenvalue weighted by atomic mass is 35.5. The molecule has 1 unspecified atom stereocenters. The molecule has 0 fully saturated rings. The molecule has 3 aromatic rings. The van der Waals surface area contributed by atoms with Crippen molar-refractivity contribution in [3.8, 4) is 5.75 Å². The highest BCUT2D eigenvalue weighted by Crippen LogP contribution is 2.27. The van der Waals surface area contributed by atoms with E-state index in [1.165, 1.54) is 17.0 Å².